The summed E-state index contributed by atoms with van der Waals surface area (Å²) in [7, 11) is 0. The fourth-order valence-electron chi connectivity index (χ4n) is 2.62. The van der Waals surface area contributed by atoms with Crippen LogP contribution in [-0.4, -0.2) is 32.9 Å². The molecule has 6 nitrogen and oxygen atoms in total. The predicted octanol–water partition coefficient (Wildman–Crippen LogP) is 3.51. The zero-order chi connectivity index (χ0) is 19.2. The number of nitrogens with zero attached hydrogens (tertiary/aromatic N) is 2. The Kier molecular flexibility index (Phi) is 6.08. The van der Waals surface area contributed by atoms with Crippen molar-refractivity contribution < 1.29 is 14.0 Å². The molecule has 0 spiro atoms. The highest BCUT2D eigenvalue weighted by Gasteiger charge is 2.12. The molecule has 140 valence electrons. The number of amides is 2. The number of imidazole rings is 1. The molecule has 0 saturated carbocycles. The Labute approximate surface area is 160 Å². The van der Waals surface area contributed by atoms with Gasteiger partial charge in [-0.15, -0.1) is 11.8 Å². The molecule has 2 amide bonds. The fraction of sp³-hybridized carbons (Fsp3) is 0.211. The number of hydrogen-bond donors (Lipinski definition) is 2. The van der Waals surface area contributed by atoms with Crippen LogP contribution in [0.2, 0.25) is 0 Å². The first-order chi connectivity index (χ1) is 13.1. The van der Waals surface area contributed by atoms with Crippen LogP contribution in [-0.2, 0) is 16.1 Å². The van der Waals surface area contributed by atoms with Gasteiger partial charge in [0.2, 0.25) is 17.8 Å². The van der Waals surface area contributed by atoms with E-state index in [1.807, 2.05) is 35.8 Å². The van der Waals surface area contributed by atoms with E-state index in [0.29, 0.717) is 18.2 Å². The topological polar surface area (TPSA) is 76.0 Å². The molecule has 1 aromatic heterocycles. The van der Waals surface area contributed by atoms with E-state index < -0.39 is 0 Å². The van der Waals surface area contributed by atoms with E-state index in [-0.39, 0.29) is 29.1 Å². The maximum atomic E-state index is 12.8. The third-order valence-corrected chi connectivity index (χ3v) is 4.75. The van der Waals surface area contributed by atoms with Crippen molar-refractivity contribution in [3.63, 3.8) is 0 Å². The van der Waals surface area contributed by atoms with E-state index in [1.54, 1.807) is 0 Å². The standard InChI is InChI=1S/C19H19FN4O2S/c1-2-24-16-6-4-3-5-15(16)22-19(24)23-18(26)12-27-11-17(25)21-14-9-7-13(20)8-10-14/h3-10H,2,11-12H2,1H3,(H,21,25)(H,22,23,26). The molecule has 1 heterocycles. The molecule has 0 saturated heterocycles. The number of rotatable bonds is 7. The Morgan fingerprint density at radius 3 is 2.41 bits per heavy atom. The van der Waals surface area contributed by atoms with Crippen LogP contribution in [0.5, 0.6) is 0 Å². The molecule has 0 aliphatic heterocycles. The molecule has 0 unspecified atom stereocenters. The van der Waals surface area contributed by atoms with Crippen molar-refractivity contribution in [2.75, 3.05) is 22.1 Å². The Bertz CT molecular complexity index is 956. The summed E-state index contributed by atoms with van der Waals surface area (Å²) in [4.78, 5) is 28.5. The number of nitrogens with one attached hydrogen (secondary N) is 2. The maximum Gasteiger partial charge on any atom is 0.236 e. The second kappa shape index (κ2) is 8.68. The lowest BCUT2D eigenvalue weighted by Gasteiger charge is -2.08. The summed E-state index contributed by atoms with van der Waals surface area (Å²) in [5.74, 6) is -0.0874. The van der Waals surface area contributed by atoms with E-state index in [9.17, 15) is 14.0 Å². The number of fused-ring (bicyclic) bond motifs is 1. The third kappa shape index (κ3) is 4.85. The van der Waals surface area contributed by atoms with Crippen LogP contribution in [0.1, 0.15) is 6.92 Å². The first-order valence-electron chi connectivity index (χ1n) is 8.45. The first kappa shape index (κ1) is 18.9. The van der Waals surface area contributed by atoms with E-state index in [2.05, 4.69) is 15.6 Å². The third-order valence-electron chi connectivity index (χ3n) is 3.82. The summed E-state index contributed by atoms with van der Waals surface area (Å²) in [6.07, 6.45) is 0. The van der Waals surface area contributed by atoms with Gasteiger partial charge in [0.05, 0.1) is 22.5 Å². The lowest BCUT2D eigenvalue weighted by Crippen LogP contribution is -2.20. The predicted molar refractivity (Wildman–Crippen MR) is 106 cm³/mol. The van der Waals surface area contributed by atoms with Crippen molar-refractivity contribution in [3.05, 3.63) is 54.3 Å². The molecule has 27 heavy (non-hydrogen) atoms. The van der Waals surface area contributed by atoms with E-state index in [4.69, 9.17) is 0 Å². The Morgan fingerprint density at radius 2 is 1.70 bits per heavy atom. The van der Waals surface area contributed by atoms with Crippen molar-refractivity contribution in [1.29, 1.82) is 0 Å². The van der Waals surface area contributed by atoms with Crippen molar-refractivity contribution in [2.24, 2.45) is 0 Å². The molecule has 0 radical (unpaired) electrons. The monoisotopic (exact) mass is 386 g/mol. The highest BCUT2D eigenvalue weighted by Crippen LogP contribution is 2.19. The molecule has 2 N–H and O–H groups in total. The molecule has 8 heteroatoms. The summed E-state index contributed by atoms with van der Waals surface area (Å²) in [5, 5.41) is 5.45. The fourth-order valence-corrected chi connectivity index (χ4v) is 3.24. The molecule has 3 rings (SSSR count). The van der Waals surface area contributed by atoms with Crippen LogP contribution in [0.25, 0.3) is 11.0 Å². The van der Waals surface area contributed by atoms with Crippen LogP contribution < -0.4 is 10.6 Å². The number of aromatic nitrogens is 2. The van der Waals surface area contributed by atoms with Crippen LogP contribution in [0.4, 0.5) is 16.0 Å². The van der Waals surface area contributed by atoms with Crippen LogP contribution >= 0.6 is 11.8 Å². The zero-order valence-electron chi connectivity index (χ0n) is 14.7. The van der Waals surface area contributed by atoms with Crippen molar-refractivity contribution in [2.45, 2.75) is 13.5 Å². The molecule has 3 aromatic rings. The number of benzene rings is 2. The highest BCUT2D eigenvalue weighted by molar-refractivity contribution is 8.00. The van der Waals surface area contributed by atoms with E-state index in [0.717, 1.165) is 11.0 Å². The normalized spacial score (nSPS) is 10.7. The number of carbonyl (C=O) groups excluding carboxylic acids is 2. The minimum atomic E-state index is -0.364. The second-order valence-electron chi connectivity index (χ2n) is 5.76. The number of aryl methyl sites for hydroxylation is 1. The SMILES string of the molecule is CCn1c(NC(=O)CSCC(=O)Nc2ccc(F)cc2)nc2ccccc21. The van der Waals surface area contributed by atoms with E-state index >= 15 is 0 Å². The molecule has 0 bridgehead atoms. The number of hydrogen-bond acceptors (Lipinski definition) is 4. The minimum absolute atomic E-state index is 0.120. The molecular formula is C19H19FN4O2S. The summed E-state index contributed by atoms with van der Waals surface area (Å²) in [5.41, 5.74) is 2.30. The number of anilines is 2. The van der Waals surface area contributed by atoms with Gasteiger partial charge in [0.25, 0.3) is 0 Å². The van der Waals surface area contributed by atoms with Gasteiger partial charge in [-0.25, -0.2) is 9.37 Å². The second-order valence-corrected chi connectivity index (χ2v) is 6.75. The largest absolute Gasteiger partial charge is 0.325 e. The van der Waals surface area contributed by atoms with Gasteiger partial charge >= 0.3 is 0 Å². The molecule has 0 aliphatic rings. The number of thioether (sulfide) groups is 1. The zero-order valence-corrected chi connectivity index (χ0v) is 15.6. The van der Waals surface area contributed by atoms with Gasteiger partial charge in [-0.1, -0.05) is 12.1 Å². The van der Waals surface area contributed by atoms with E-state index in [1.165, 1.54) is 36.0 Å². The van der Waals surface area contributed by atoms with Gasteiger partial charge in [-0.05, 0) is 43.3 Å². The average molecular weight is 386 g/mol. The quantitative estimate of drug-likeness (QED) is 0.652. The van der Waals surface area contributed by atoms with Gasteiger partial charge in [0.15, 0.2) is 0 Å². The summed E-state index contributed by atoms with van der Waals surface area (Å²) >= 11 is 1.20. The molecule has 0 atom stereocenters. The molecule has 0 aliphatic carbocycles. The molecule has 2 aromatic carbocycles. The van der Waals surface area contributed by atoms with Crippen LogP contribution in [0.15, 0.2) is 48.5 Å². The molecular weight excluding hydrogens is 367 g/mol. The summed E-state index contributed by atoms with van der Waals surface area (Å²) in [6, 6.07) is 13.2. The number of para-hydroxylation sites is 2. The van der Waals surface area contributed by atoms with Gasteiger partial charge in [-0.2, -0.15) is 0 Å². The molecule has 0 fully saturated rings. The Hall–Kier alpha value is -2.87. The average Bonchev–Trinajstić information content (AvgIpc) is 3.00. The number of carbonyl (C=O) groups is 2. The van der Waals surface area contributed by atoms with Gasteiger partial charge < -0.3 is 9.88 Å². The first-order valence-corrected chi connectivity index (χ1v) is 9.60. The van der Waals surface area contributed by atoms with Crippen molar-refractivity contribution in [1.82, 2.24) is 9.55 Å². The van der Waals surface area contributed by atoms with Gasteiger partial charge in [0.1, 0.15) is 5.82 Å². The lowest BCUT2D eigenvalue weighted by atomic mass is 10.3. The van der Waals surface area contributed by atoms with Gasteiger partial charge in [0, 0.05) is 12.2 Å². The summed E-state index contributed by atoms with van der Waals surface area (Å²) in [6.45, 7) is 2.67. The minimum Gasteiger partial charge on any atom is -0.325 e. The van der Waals surface area contributed by atoms with Crippen LogP contribution in [0.3, 0.4) is 0 Å². The number of halogens is 1. The smallest absolute Gasteiger partial charge is 0.236 e. The van der Waals surface area contributed by atoms with Gasteiger partial charge in [-0.3, -0.25) is 14.9 Å². The lowest BCUT2D eigenvalue weighted by molar-refractivity contribution is -0.114. The van der Waals surface area contributed by atoms with Crippen molar-refractivity contribution >= 4 is 46.2 Å². The maximum absolute atomic E-state index is 12.8. The highest BCUT2D eigenvalue weighted by atomic mass is 32.2. The van der Waals surface area contributed by atoms with Crippen molar-refractivity contribution in [3.8, 4) is 0 Å². The van der Waals surface area contributed by atoms with Crippen LogP contribution in [0, 0.1) is 5.82 Å². The Morgan fingerprint density at radius 1 is 1.04 bits per heavy atom. The summed E-state index contributed by atoms with van der Waals surface area (Å²) < 4.78 is 14.8. The Balaban J connectivity index is 1.50.